The van der Waals surface area contributed by atoms with Crippen molar-refractivity contribution in [1.29, 1.82) is 0 Å². The Labute approximate surface area is 208 Å². The van der Waals surface area contributed by atoms with Crippen molar-refractivity contribution >= 4 is 29.3 Å². The molecular weight excluding hydrogens is 476 g/mol. The number of carbonyl (C=O) groups excluding carboxylic acids is 1. The molecule has 0 bridgehead atoms. The van der Waals surface area contributed by atoms with Gasteiger partial charge in [-0.2, -0.15) is 0 Å². The highest BCUT2D eigenvalue weighted by Gasteiger charge is 2.31. The molecule has 2 aliphatic rings. The van der Waals surface area contributed by atoms with Crippen LogP contribution in [0.2, 0.25) is 0 Å². The summed E-state index contributed by atoms with van der Waals surface area (Å²) < 4.78 is 33.0. The summed E-state index contributed by atoms with van der Waals surface area (Å²) in [6, 6.07) is 4.43. The van der Waals surface area contributed by atoms with Gasteiger partial charge in [0.2, 0.25) is 0 Å². The molecule has 0 saturated heterocycles. The van der Waals surface area contributed by atoms with Crippen molar-refractivity contribution in [2.24, 2.45) is 17.6 Å². The number of fused-ring (bicyclic) bond motifs is 1. The standard InChI is InChI=1S/C25H29F2N5O2.ClH/c1-12-7-16(9-18(12)28)32-25(33)20-13(2)31-23-21(29-11-30-22(20)23)17-8-15(24(26)27)5-6-19(17)34-10-14-3-4-14;/h5-6,8,11-12,14,16,18,24,31H,3-4,7,9-10,28H2,1-2H3,(H,32,33);1H. The number of rotatable bonds is 7. The van der Waals surface area contributed by atoms with Crippen LogP contribution in [-0.2, 0) is 0 Å². The Hall–Kier alpha value is -2.78. The second-order valence-electron chi connectivity index (χ2n) is 9.66. The number of halogens is 3. The van der Waals surface area contributed by atoms with E-state index in [1.54, 1.807) is 13.0 Å². The van der Waals surface area contributed by atoms with Crippen LogP contribution in [0.15, 0.2) is 24.5 Å². The summed E-state index contributed by atoms with van der Waals surface area (Å²) in [5.41, 5.74) is 8.91. The van der Waals surface area contributed by atoms with Gasteiger partial charge in [0.1, 0.15) is 23.3 Å². The van der Waals surface area contributed by atoms with E-state index in [4.69, 9.17) is 10.5 Å². The molecule has 1 amide bonds. The summed E-state index contributed by atoms with van der Waals surface area (Å²) in [4.78, 5) is 25.2. The normalized spacial score (nSPS) is 21.8. The van der Waals surface area contributed by atoms with Gasteiger partial charge in [-0.25, -0.2) is 18.7 Å². The number of nitrogens with one attached hydrogen (secondary N) is 2. The maximum atomic E-state index is 13.5. The number of aromatic nitrogens is 3. The van der Waals surface area contributed by atoms with Gasteiger partial charge in [-0.3, -0.25) is 4.79 Å². The molecule has 3 atom stereocenters. The number of ether oxygens (including phenoxy) is 1. The van der Waals surface area contributed by atoms with E-state index in [1.165, 1.54) is 18.5 Å². The molecule has 188 valence electrons. The van der Waals surface area contributed by atoms with E-state index in [1.807, 2.05) is 0 Å². The Morgan fingerprint density at radius 3 is 2.71 bits per heavy atom. The molecule has 0 aliphatic heterocycles. The molecule has 2 heterocycles. The number of nitrogens with two attached hydrogens (primary N) is 1. The Morgan fingerprint density at radius 1 is 1.29 bits per heavy atom. The number of aryl methyl sites for hydroxylation is 1. The van der Waals surface area contributed by atoms with Crippen LogP contribution < -0.4 is 15.8 Å². The van der Waals surface area contributed by atoms with E-state index >= 15 is 0 Å². The highest BCUT2D eigenvalue weighted by atomic mass is 35.5. The van der Waals surface area contributed by atoms with Crippen molar-refractivity contribution in [3.63, 3.8) is 0 Å². The van der Waals surface area contributed by atoms with Crippen LogP contribution in [0.25, 0.3) is 22.3 Å². The second-order valence-corrected chi connectivity index (χ2v) is 9.66. The van der Waals surface area contributed by atoms with Gasteiger partial charge in [-0.05, 0) is 62.6 Å². The quantitative estimate of drug-likeness (QED) is 0.422. The number of hydrogen-bond acceptors (Lipinski definition) is 5. The van der Waals surface area contributed by atoms with E-state index in [0.717, 1.165) is 25.7 Å². The molecule has 2 saturated carbocycles. The SMILES string of the molecule is Cc1[nH]c2c(-c3cc(C(F)F)ccc3OCC3CC3)ncnc2c1C(=O)NC1CC(C)C(N)C1.Cl. The maximum Gasteiger partial charge on any atom is 0.263 e. The predicted molar refractivity (Wildman–Crippen MR) is 132 cm³/mol. The molecule has 7 nitrogen and oxygen atoms in total. The highest BCUT2D eigenvalue weighted by molar-refractivity contribution is 6.09. The number of carbonyl (C=O) groups is 1. The first kappa shape index (κ1) is 25.3. The molecule has 3 aromatic rings. The lowest BCUT2D eigenvalue weighted by molar-refractivity contribution is 0.0938. The highest BCUT2D eigenvalue weighted by Crippen LogP contribution is 2.38. The maximum absolute atomic E-state index is 13.5. The molecule has 5 rings (SSSR count). The molecule has 2 aliphatic carbocycles. The van der Waals surface area contributed by atoms with Gasteiger partial charge < -0.3 is 20.8 Å². The largest absolute Gasteiger partial charge is 0.493 e. The Morgan fingerprint density at radius 2 is 2.06 bits per heavy atom. The van der Waals surface area contributed by atoms with Gasteiger partial charge in [0.25, 0.3) is 12.3 Å². The first-order valence-corrected chi connectivity index (χ1v) is 11.8. The summed E-state index contributed by atoms with van der Waals surface area (Å²) in [6.45, 7) is 4.42. The van der Waals surface area contributed by atoms with E-state index in [2.05, 4.69) is 27.2 Å². The molecule has 0 radical (unpaired) electrons. The molecule has 35 heavy (non-hydrogen) atoms. The fourth-order valence-corrected chi connectivity index (χ4v) is 4.75. The minimum absolute atomic E-state index is 0. The van der Waals surface area contributed by atoms with Crippen molar-refractivity contribution in [1.82, 2.24) is 20.3 Å². The second kappa shape index (κ2) is 10.1. The number of H-pyrrole nitrogens is 1. The van der Waals surface area contributed by atoms with Crippen LogP contribution in [0.1, 0.15) is 60.6 Å². The van der Waals surface area contributed by atoms with E-state index < -0.39 is 6.43 Å². The Balaban J connectivity index is 0.00000289. The van der Waals surface area contributed by atoms with Crippen molar-refractivity contribution in [2.75, 3.05) is 6.61 Å². The van der Waals surface area contributed by atoms with E-state index in [-0.39, 0.29) is 36.0 Å². The number of aromatic amines is 1. The van der Waals surface area contributed by atoms with Crippen LogP contribution in [0, 0.1) is 18.8 Å². The average molecular weight is 506 g/mol. The monoisotopic (exact) mass is 505 g/mol. The predicted octanol–water partition coefficient (Wildman–Crippen LogP) is 4.94. The van der Waals surface area contributed by atoms with Gasteiger partial charge in [0, 0.05) is 28.9 Å². The van der Waals surface area contributed by atoms with Crippen LogP contribution in [-0.4, -0.2) is 39.5 Å². The van der Waals surface area contributed by atoms with Crippen molar-refractivity contribution in [3.8, 4) is 17.0 Å². The lowest BCUT2D eigenvalue weighted by Gasteiger charge is -2.14. The van der Waals surface area contributed by atoms with Gasteiger partial charge in [-0.1, -0.05) is 6.92 Å². The molecule has 0 spiro atoms. The number of hydrogen-bond donors (Lipinski definition) is 3. The lowest BCUT2D eigenvalue weighted by atomic mass is 10.0. The molecule has 4 N–H and O–H groups in total. The third-order valence-corrected chi connectivity index (χ3v) is 6.96. The molecular formula is C25H30ClF2N5O2. The number of benzene rings is 1. The zero-order chi connectivity index (χ0) is 24.0. The molecule has 3 unspecified atom stereocenters. The third-order valence-electron chi connectivity index (χ3n) is 6.96. The van der Waals surface area contributed by atoms with Crippen molar-refractivity contribution in [3.05, 3.63) is 41.3 Å². The van der Waals surface area contributed by atoms with Crippen LogP contribution >= 0.6 is 12.4 Å². The first-order chi connectivity index (χ1) is 16.3. The molecule has 1 aromatic carbocycles. The molecule has 2 fully saturated rings. The minimum Gasteiger partial charge on any atom is -0.493 e. The topological polar surface area (TPSA) is 106 Å². The smallest absolute Gasteiger partial charge is 0.263 e. The summed E-state index contributed by atoms with van der Waals surface area (Å²) in [7, 11) is 0. The molecule has 10 heteroatoms. The average Bonchev–Trinajstić information content (AvgIpc) is 3.49. The van der Waals surface area contributed by atoms with Crippen molar-refractivity contribution < 1.29 is 18.3 Å². The number of alkyl halides is 2. The van der Waals surface area contributed by atoms with Gasteiger partial charge in [-0.15, -0.1) is 12.4 Å². The Bertz CT molecular complexity index is 1220. The number of amides is 1. The molecule has 2 aromatic heterocycles. The third kappa shape index (κ3) is 5.11. The minimum atomic E-state index is -2.62. The van der Waals surface area contributed by atoms with Crippen molar-refractivity contribution in [2.45, 2.75) is 58.0 Å². The van der Waals surface area contributed by atoms with E-state index in [9.17, 15) is 13.6 Å². The van der Waals surface area contributed by atoms with Crippen LogP contribution in [0.4, 0.5) is 8.78 Å². The van der Waals surface area contributed by atoms with Gasteiger partial charge >= 0.3 is 0 Å². The summed E-state index contributed by atoms with van der Waals surface area (Å²) in [5.74, 6) is 1.11. The van der Waals surface area contributed by atoms with Crippen LogP contribution in [0.3, 0.4) is 0 Å². The lowest BCUT2D eigenvalue weighted by Crippen LogP contribution is -2.34. The fourth-order valence-electron chi connectivity index (χ4n) is 4.75. The summed E-state index contributed by atoms with van der Waals surface area (Å²) in [6.07, 6.45) is 2.52. The fraction of sp³-hybridized carbons (Fsp3) is 0.480. The summed E-state index contributed by atoms with van der Waals surface area (Å²) in [5, 5.41) is 3.09. The zero-order valence-corrected chi connectivity index (χ0v) is 20.5. The van der Waals surface area contributed by atoms with Gasteiger partial charge in [0.05, 0.1) is 17.7 Å². The zero-order valence-electron chi connectivity index (χ0n) is 19.7. The number of nitrogens with zero attached hydrogens (tertiary/aromatic N) is 2. The van der Waals surface area contributed by atoms with Gasteiger partial charge in [0.15, 0.2) is 0 Å². The summed E-state index contributed by atoms with van der Waals surface area (Å²) >= 11 is 0. The first-order valence-electron chi connectivity index (χ1n) is 11.8. The Kier molecular flexibility index (Phi) is 7.28. The van der Waals surface area contributed by atoms with Crippen LogP contribution in [0.5, 0.6) is 5.75 Å². The van der Waals surface area contributed by atoms with E-state index in [0.29, 0.717) is 57.7 Å².